The summed E-state index contributed by atoms with van der Waals surface area (Å²) >= 11 is 1.27. The molecule has 0 aliphatic heterocycles. The molecule has 2 N–H and O–H groups in total. The summed E-state index contributed by atoms with van der Waals surface area (Å²) in [6.45, 7) is 7.85. The van der Waals surface area contributed by atoms with Gasteiger partial charge in [0, 0.05) is 17.4 Å². The maximum Gasteiger partial charge on any atom is 0.278 e. The Bertz CT molecular complexity index is 1020. The first-order valence-corrected chi connectivity index (χ1v) is 10.0. The maximum absolute atomic E-state index is 12.8. The van der Waals surface area contributed by atoms with Gasteiger partial charge in [-0.3, -0.25) is 14.2 Å². The lowest BCUT2D eigenvalue weighted by Gasteiger charge is -2.15. The highest BCUT2D eigenvalue weighted by atomic mass is 32.2. The molecule has 2 aromatic heterocycles. The van der Waals surface area contributed by atoms with Crippen molar-refractivity contribution in [3.05, 3.63) is 51.9 Å². The molecule has 0 spiro atoms. The van der Waals surface area contributed by atoms with Crippen LogP contribution in [0, 0.1) is 6.92 Å². The van der Waals surface area contributed by atoms with Crippen molar-refractivity contribution in [3.63, 3.8) is 0 Å². The molecule has 142 valence electrons. The Labute approximate surface area is 162 Å². The second-order valence-electron chi connectivity index (χ2n) is 6.76. The first-order valence-electron chi connectivity index (χ1n) is 9.02. The topological polar surface area (TPSA) is 79.8 Å². The third-order valence-corrected chi connectivity index (χ3v) is 5.23. The van der Waals surface area contributed by atoms with Gasteiger partial charge in [0.15, 0.2) is 5.16 Å². The molecule has 0 bridgehead atoms. The smallest absolute Gasteiger partial charge is 0.278 e. The molecule has 0 fully saturated rings. The van der Waals surface area contributed by atoms with Gasteiger partial charge in [0.05, 0.1) is 11.3 Å². The lowest BCUT2D eigenvalue weighted by molar-refractivity contribution is -0.113. The molecule has 3 aromatic rings. The lowest BCUT2D eigenvalue weighted by atomic mass is 10.1. The number of hydrogen-bond donors (Lipinski definition) is 2. The van der Waals surface area contributed by atoms with Crippen LogP contribution in [0.4, 0.5) is 5.69 Å². The van der Waals surface area contributed by atoms with Gasteiger partial charge in [-0.25, -0.2) is 4.98 Å². The highest BCUT2D eigenvalue weighted by Crippen LogP contribution is 2.21. The Kier molecular flexibility index (Phi) is 5.70. The zero-order valence-corrected chi connectivity index (χ0v) is 16.8. The number of rotatable bonds is 6. The van der Waals surface area contributed by atoms with E-state index in [-0.39, 0.29) is 23.3 Å². The Morgan fingerprint density at radius 2 is 2.00 bits per heavy atom. The Morgan fingerprint density at radius 3 is 2.63 bits per heavy atom. The predicted molar refractivity (Wildman–Crippen MR) is 111 cm³/mol. The minimum atomic E-state index is -0.126. The van der Waals surface area contributed by atoms with Gasteiger partial charge in [-0.2, -0.15) is 0 Å². The van der Waals surface area contributed by atoms with Gasteiger partial charge in [-0.15, -0.1) is 0 Å². The van der Waals surface area contributed by atoms with Crippen LogP contribution < -0.4 is 10.9 Å². The number of thioether (sulfide) groups is 1. The van der Waals surface area contributed by atoms with E-state index in [0.717, 1.165) is 17.8 Å². The van der Waals surface area contributed by atoms with Crippen molar-refractivity contribution in [2.45, 2.75) is 45.3 Å². The minimum absolute atomic E-state index is 0.0508. The molecule has 0 atom stereocenters. The number of aryl methyl sites for hydroxylation is 2. The number of nitrogens with one attached hydrogen (secondary N) is 2. The van der Waals surface area contributed by atoms with Crippen molar-refractivity contribution < 1.29 is 4.79 Å². The fourth-order valence-electron chi connectivity index (χ4n) is 2.90. The van der Waals surface area contributed by atoms with Crippen molar-refractivity contribution >= 4 is 34.4 Å². The molecule has 7 heteroatoms. The van der Waals surface area contributed by atoms with Crippen molar-refractivity contribution in [2.24, 2.45) is 0 Å². The number of fused-ring (bicyclic) bond motifs is 1. The number of H-pyrrole nitrogens is 1. The summed E-state index contributed by atoms with van der Waals surface area (Å²) in [5.74, 6) is 0.0583. The largest absolute Gasteiger partial charge is 0.353 e. The molecule has 0 aliphatic rings. The maximum atomic E-state index is 12.8. The van der Waals surface area contributed by atoms with Crippen LogP contribution in [0.15, 0.2) is 40.3 Å². The number of carbonyl (C=O) groups excluding carboxylic acids is 1. The first kappa shape index (κ1) is 19.2. The molecule has 3 rings (SSSR count). The fraction of sp³-hybridized carbons (Fsp3) is 0.350. The SMILES string of the molecule is CCc1ccc(NC(=O)CSc2nc3cc(C)[nH]c3c(=O)n2C(C)C)cc1. The van der Waals surface area contributed by atoms with E-state index < -0.39 is 0 Å². The van der Waals surface area contributed by atoms with E-state index in [4.69, 9.17) is 0 Å². The lowest BCUT2D eigenvalue weighted by Crippen LogP contribution is -2.25. The summed E-state index contributed by atoms with van der Waals surface area (Å²) in [7, 11) is 0. The third kappa shape index (κ3) is 4.24. The molecule has 1 aromatic carbocycles. The van der Waals surface area contributed by atoms with Crippen LogP contribution in [0.5, 0.6) is 0 Å². The molecular formula is C20H24N4O2S. The summed E-state index contributed by atoms with van der Waals surface area (Å²) in [4.78, 5) is 32.8. The number of amides is 1. The second-order valence-corrected chi connectivity index (χ2v) is 7.71. The molecule has 0 aliphatic carbocycles. The van der Waals surface area contributed by atoms with Gasteiger partial charge in [0.25, 0.3) is 5.56 Å². The minimum Gasteiger partial charge on any atom is -0.353 e. The summed E-state index contributed by atoms with van der Waals surface area (Å²) < 4.78 is 1.63. The number of anilines is 1. The van der Waals surface area contributed by atoms with Crippen LogP contribution in [0.2, 0.25) is 0 Å². The zero-order valence-electron chi connectivity index (χ0n) is 16.0. The van der Waals surface area contributed by atoms with E-state index in [1.54, 1.807) is 4.57 Å². The van der Waals surface area contributed by atoms with Gasteiger partial charge < -0.3 is 10.3 Å². The van der Waals surface area contributed by atoms with E-state index >= 15 is 0 Å². The normalized spacial score (nSPS) is 11.3. The van der Waals surface area contributed by atoms with E-state index in [0.29, 0.717) is 16.2 Å². The highest BCUT2D eigenvalue weighted by molar-refractivity contribution is 7.99. The van der Waals surface area contributed by atoms with Crippen LogP contribution in [0.3, 0.4) is 0 Å². The number of hydrogen-bond acceptors (Lipinski definition) is 4. The number of nitrogens with zero attached hydrogens (tertiary/aromatic N) is 2. The van der Waals surface area contributed by atoms with Gasteiger partial charge >= 0.3 is 0 Å². The summed E-state index contributed by atoms with van der Waals surface area (Å²) in [5.41, 5.74) is 3.91. The van der Waals surface area contributed by atoms with Gasteiger partial charge in [0.2, 0.25) is 5.91 Å². The van der Waals surface area contributed by atoms with Crippen molar-refractivity contribution in [2.75, 3.05) is 11.1 Å². The summed E-state index contributed by atoms with van der Waals surface area (Å²) in [6, 6.07) is 9.61. The van der Waals surface area contributed by atoms with Crippen LogP contribution in [-0.4, -0.2) is 26.2 Å². The van der Waals surface area contributed by atoms with Crippen molar-refractivity contribution in [3.8, 4) is 0 Å². The van der Waals surface area contributed by atoms with Gasteiger partial charge in [-0.05, 0) is 51.0 Å². The molecule has 27 heavy (non-hydrogen) atoms. The molecule has 0 saturated heterocycles. The quantitative estimate of drug-likeness (QED) is 0.499. The average molecular weight is 385 g/mol. The van der Waals surface area contributed by atoms with Crippen LogP contribution in [0.1, 0.15) is 38.1 Å². The van der Waals surface area contributed by atoms with Crippen LogP contribution in [-0.2, 0) is 11.2 Å². The average Bonchev–Trinajstić information content (AvgIpc) is 3.01. The molecule has 1 amide bonds. The predicted octanol–water partition coefficient (Wildman–Crippen LogP) is 3.91. The van der Waals surface area contributed by atoms with Crippen LogP contribution in [0.25, 0.3) is 11.0 Å². The molecular weight excluding hydrogens is 360 g/mol. The molecule has 2 heterocycles. The number of aromatic nitrogens is 3. The van der Waals surface area contributed by atoms with E-state index in [1.165, 1.54) is 17.3 Å². The van der Waals surface area contributed by atoms with E-state index in [2.05, 4.69) is 22.2 Å². The second kappa shape index (κ2) is 8.00. The summed E-state index contributed by atoms with van der Waals surface area (Å²) in [5, 5.41) is 3.44. The molecule has 6 nitrogen and oxygen atoms in total. The monoisotopic (exact) mass is 384 g/mol. The Balaban J connectivity index is 1.78. The number of benzene rings is 1. The van der Waals surface area contributed by atoms with Gasteiger partial charge in [0.1, 0.15) is 5.52 Å². The fourth-order valence-corrected chi connectivity index (χ4v) is 3.83. The standard InChI is InChI=1S/C20H24N4O2S/c1-5-14-6-8-15(9-7-14)22-17(25)11-27-20-23-16-10-13(4)21-18(16)19(26)24(20)12(2)3/h6-10,12,21H,5,11H2,1-4H3,(H,22,25). The third-order valence-electron chi connectivity index (χ3n) is 4.28. The molecule has 0 saturated carbocycles. The number of carbonyl (C=O) groups is 1. The van der Waals surface area contributed by atoms with Crippen molar-refractivity contribution in [1.29, 1.82) is 0 Å². The first-order chi connectivity index (χ1) is 12.9. The zero-order chi connectivity index (χ0) is 19.6. The summed E-state index contributed by atoms with van der Waals surface area (Å²) in [6.07, 6.45) is 0.962. The molecule has 0 radical (unpaired) electrons. The van der Waals surface area contributed by atoms with E-state index in [9.17, 15) is 9.59 Å². The highest BCUT2D eigenvalue weighted by Gasteiger charge is 2.16. The van der Waals surface area contributed by atoms with Crippen LogP contribution >= 0.6 is 11.8 Å². The molecule has 0 unspecified atom stereocenters. The Hall–Kier alpha value is -2.54. The van der Waals surface area contributed by atoms with E-state index in [1.807, 2.05) is 51.1 Å². The van der Waals surface area contributed by atoms with Crippen molar-refractivity contribution in [1.82, 2.24) is 14.5 Å². The Morgan fingerprint density at radius 1 is 1.30 bits per heavy atom. The number of aromatic amines is 1. The van der Waals surface area contributed by atoms with Gasteiger partial charge in [-0.1, -0.05) is 30.8 Å².